The lowest BCUT2D eigenvalue weighted by atomic mass is 10.2. The summed E-state index contributed by atoms with van der Waals surface area (Å²) in [5.41, 5.74) is 1.90. The summed E-state index contributed by atoms with van der Waals surface area (Å²) in [5, 5.41) is 3.69. The van der Waals surface area contributed by atoms with E-state index in [-0.39, 0.29) is 0 Å². The second-order valence-corrected chi connectivity index (χ2v) is 4.26. The SMILES string of the molecule is CNc1ncnc(OCc2cccc(Cl)c2)c1C. The lowest BCUT2D eigenvalue weighted by Crippen LogP contribution is -2.03. The Hall–Kier alpha value is -1.81. The highest BCUT2D eigenvalue weighted by atomic mass is 35.5. The number of nitrogens with one attached hydrogen (secondary N) is 1. The predicted octanol–water partition coefficient (Wildman–Crippen LogP) is 3.06. The number of hydrogen-bond donors (Lipinski definition) is 1. The Bertz CT molecular complexity index is 546. The molecule has 94 valence electrons. The molecule has 0 unspecified atom stereocenters. The van der Waals surface area contributed by atoms with Gasteiger partial charge in [-0.2, -0.15) is 0 Å². The zero-order chi connectivity index (χ0) is 13.0. The minimum absolute atomic E-state index is 0.432. The fourth-order valence-electron chi connectivity index (χ4n) is 1.61. The molecule has 0 aliphatic rings. The van der Waals surface area contributed by atoms with E-state index in [0.717, 1.165) is 16.9 Å². The van der Waals surface area contributed by atoms with Gasteiger partial charge < -0.3 is 10.1 Å². The van der Waals surface area contributed by atoms with E-state index in [0.29, 0.717) is 17.5 Å². The van der Waals surface area contributed by atoms with Crippen molar-refractivity contribution in [3.8, 4) is 5.88 Å². The summed E-state index contributed by atoms with van der Waals surface area (Å²) in [6, 6.07) is 7.56. The highest BCUT2D eigenvalue weighted by Crippen LogP contribution is 2.21. The third-order valence-electron chi connectivity index (χ3n) is 2.54. The van der Waals surface area contributed by atoms with Crippen molar-refractivity contribution in [3.63, 3.8) is 0 Å². The van der Waals surface area contributed by atoms with Gasteiger partial charge in [0, 0.05) is 12.1 Å². The molecule has 0 aliphatic carbocycles. The molecule has 0 bridgehead atoms. The first-order valence-corrected chi connectivity index (χ1v) is 5.95. The van der Waals surface area contributed by atoms with Crippen LogP contribution in [0.1, 0.15) is 11.1 Å². The number of ether oxygens (including phenoxy) is 1. The molecule has 4 nitrogen and oxygen atoms in total. The van der Waals surface area contributed by atoms with Gasteiger partial charge in [-0.25, -0.2) is 9.97 Å². The average molecular weight is 264 g/mol. The van der Waals surface area contributed by atoms with Gasteiger partial charge in [-0.15, -0.1) is 0 Å². The summed E-state index contributed by atoms with van der Waals surface area (Å²) in [4.78, 5) is 8.22. The number of halogens is 1. The molecule has 0 atom stereocenters. The first-order valence-electron chi connectivity index (χ1n) is 5.57. The summed E-state index contributed by atoms with van der Waals surface area (Å²) in [5.74, 6) is 1.35. The molecule has 1 N–H and O–H groups in total. The normalized spacial score (nSPS) is 10.2. The maximum absolute atomic E-state index is 5.91. The van der Waals surface area contributed by atoms with Gasteiger partial charge in [0.2, 0.25) is 5.88 Å². The quantitative estimate of drug-likeness (QED) is 0.921. The highest BCUT2D eigenvalue weighted by molar-refractivity contribution is 6.30. The van der Waals surface area contributed by atoms with Gasteiger partial charge in [0.25, 0.3) is 0 Å². The van der Waals surface area contributed by atoms with Crippen LogP contribution in [0.3, 0.4) is 0 Å². The van der Waals surface area contributed by atoms with E-state index in [1.807, 2.05) is 38.2 Å². The molecular weight excluding hydrogens is 250 g/mol. The highest BCUT2D eigenvalue weighted by Gasteiger charge is 2.06. The Labute approximate surface area is 111 Å². The molecule has 5 heteroatoms. The van der Waals surface area contributed by atoms with E-state index >= 15 is 0 Å². The summed E-state index contributed by atoms with van der Waals surface area (Å²) in [6.45, 7) is 2.35. The van der Waals surface area contributed by atoms with Crippen LogP contribution in [-0.2, 0) is 6.61 Å². The maximum Gasteiger partial charge on any atom is 0.221 e. The van der Waals surface area contributed by atoms with E-state index in [1.165, 1.54) is 6.33 Å². The van der Waals surface area contributed by atoms with Crippen molar-refractivity contribution in [1.82, 2.24) is 9.97 Å². The number of aromatic nitrogens is 2. The predicted molar refractivity (Wildman–Crippen MR) is 72.1 cm³/mol. The standard InChI is InChI=1S/C13H14ClN3O/c1-9-12(15-2)16-8-17-13(9)18-7-10-4-3-5-11(14)6-10/h3-6,8H,7H2,1-2H3,(H,15,16,17). The molecule has 2 rings (SSSR count). The third-order valence-corrected chi connectivity index (χ3v) is 2.77. The molecule has 0 aliphatic heterocycles. The van der Waals surface area contributed by atoms with E-state index in [2.05, 4.69) is 15.3 Å². The van der Waals surface area contributed by atoms with E-state index < -0.39 is 0 Å². The van der Waals surface area contributed by atoms with Crippen molar-refractivity contribution in [1.29, 1.82) is 0 Å². The van der Waals surface area contributed by atoms with Crippen LogP contribution in [0, 0.1) is 6.92 Å². The van der Waals surface area contributed by atoms with Gasteiger partial charge in [-0.3, -0.25) is 0 Å². The third kappa shape index (κ3) is 2.90. The number of benzene rings is 1. The van der Waals surface area contributed by atoms with Crippen LogP contribution in [0.5, 0.6) is 5.88 Å². The molecule has 2 aromatic rings. The molecule has 1 aromatic carbocycles. The Morgan fingerprint density at radius 3 is 2.89 bits per heavy atom. The number of anilines is 1. The van der Waals surface area contributed by atoms with Gasteiger partial charge in [0.1, 0.15) is 18.8 Å². The van der Waals surface area contributed by atoms with Gasteiger partial charge >= 0.3 is 0 Å². The molecule has 0 amide bonds. The van der Waals surface area contributed by atoms with Crippen LogP contribution in [0.25, 0.3) is 0 Å². The van der Waals surface area contributed by atoms with Crippen LogP contribution in [-0.4, -0.2) is 17.0 Å². The zero-order valence-corrected chi connectivity index (χ0v) is 11.0. The Morgan fingerprint density at radius 1 is 1.33 bits per heavy atom. The molecular formula is C13H14ClN3O. The monoisotopic (exact) mass is 263 g/mol. The van der Waals surface area contributed by atoms with Gasteiger partial charge in [0.05, 0.1) is 5.56 Å². The Kier molecular flexibility index (Phi) is 3.99. The van der Waals surface area contributed by atoms with Gasteiger partial charge in [0.15, 0.2) is 0 Å². The molecule has 0 saturated heterocycles. The van der Waals surface area contributed by atoms with Crippen molar-refractivity contribution in [2.75, 3.05) is 12.4 Å². The van der Waals surface area contributed by atoms with Crippen molar-refractivity contribution < 1.29 is 4.74 Å². The van der Waals surface area contributed by atoms with Gasteiger partial charge in [-0.1, -0.05) is 23.7 Å². The van der Waals surface area contributed by atoms with Crippen LogP contribution in [0.4, 0.5) is 5.82 Å². The second-order valence-electron chi connectivity index (χ2n) is 3.82. The summed E-state index contributed by atoms with van der Waals surface area (Å²) in [7, 11) is 1.82. The number of hydrogen-bond acceptors (Lipinski definition) is 4. The first kappa shape index (κ1) is 12.6. The Balaban J connectivity index is 2.11. The lowest BCUT2D eigenvalue weighted by Gasteiger charge is -2.10. The molecule has 0 fully saturated rings. The zero-order valence-electron chi connectivity index (χ0n) is 10.3. The Morgan fingerprint density at radius 2 is 2.17 bits per heavy atom. The van der Waals surface area contributed by atoms with Crippen LogP contribution in [0.2, 0.25) is 5.02 Å². The van der Waals surface area contributed by atoms with Gasteiger partial charge in [-0.05, 0) is 24.6 Å². The summed E-state index contributed by atoms with van der Waals surface area (Å²) < 4.78 is 5.67. The maximum atomic E-state index is 5.91. The van der Waals surface area contributed by atoms with Crippen LogP contribution in [0.15, 0.2) is 30.6 Å². The van der Waals surface area contributed by atoms with E-state index in [1.54, 1.807) is 0 Å². The van der Waals surface area contributed by atoms with E-state index in [4.69, 9.17) is 16.3 Å². The topological polar surface area (TPSA) is 47.0 Å². The fraction of sp³-hybridized carbons (Fsp3) is 0.231. The summed E-state index contributed by atoms with van der Waals surface area (Å²) in [6.07, 6.45) is 1.48. The largest absolute Gasteiger partial charge is 0.472 e. The minimum Gasteiger partial charge on any atom is -0.472 e. The number of rotatable bonds is 4. The minimum atomic E-state index is 0.432. The van der Waals surface area contributed by atoms with Crippen LogP contribution < -0.4 is 10.1 Å². The molecule has 1 aromatic heterocycles. The molecule has 0 saturated carbocycles. The van der Waals surface area contributed by atoms with Crippen LogP contribution >= 0.6 is 11.6 Å². The molecule has 18 heavy (non-hydrogen) atoms. The summed E-state index contributed by atoms with van der Waals surface area (Å²) >= 11 is 5.91. The lowest BCUT2D eigenvalue weighted by molar-refractivity contribution is 0.291. The molecule has 1 heterocycles. The van der Waals surface area contributed by atoms with Crippen molar-refractivity contribution in [2.24, 2.45) is 0 Å². The second kappa shape index (κ2) is 5.69. The smallest absolute Gasteiger partial charge is 0.221 e. The average Bonchev–Trinajstić information content (AvgIpc) is 2.38. The molecule has 0 spiro atoms. The van der Waals surface area contributed by atoms with E-state index in [9.17, 15) is 0 Å². The molecule has 0 radical (unpaired) electrons. The first-order chi connectivity index (χ1) is 8.70. The fourth-order valence-corrected chi connectivity index (χ4v) is 1.82. The van der Waals surface area contributed by atoms with Crippen molar-refractivity contribution >= 4 is 17.4 Å². The van der Waals surface area contributed by atoms with Crippen molar-refractivity contribution in [3.05, 3.63) is 46.7 Å². The number of nitrogens with zero attached hydrogens (tertiary/aromatic N) is 2. The van der Waals surface area contributed by atoms with Crippen molar-refractivity contribution in [2.45, 2.75) is 13.5 Å².